The highest BCUT2D eigenvalue weighted by Crippen LogP contribution is 2.21. The van der Waals surface area contributed by atoms with Gasteiger partial charge in [-0.1, -0.05) is 67.6 Å². The number of amides is 2. The summed E-state index contributed by atoms with van der Waals surface area (Å²) in [5.41, 5.74) is 2.31. The first kappa shape index (κ1) is 31.7. The molecule has 220 valence electrons. The Morgan fingerprint density at radius 1 is 0.927 bits per heavy atom. The Labute approximate surface area is 244 Å². The van der Waals surface area contributed by atoms with Gasteiger partial charge in [0, 0.05) is 32.0 Å². The lowest BCUT2D eigenvalue weighted by atomic mass is 10.0. The predicted octanol–water partition coefficient (Wildman–Crippen LogP) is 4.80. The summed E-state index contributed by atoms with van der Waals surface area (Å²) in [6.45, 7) is 4.28. The first-order valence-electron chi connectivity index (χ1n) is 13.9. The molecule has 0 fully saturated rings. The number of para-hydroxylation sites is 1. The first-order valence-corrected chi connectivity index (χ1v) is 15.8. The van der Waals surface area contributed by atoms with Crippen LogP contribution in [-0.4, -0.2) is 57.1 Å². The molecule has 0 aromatic heterocycles. The Morgan fingerprint density at radius 3 is 2.17 bits per heavy atom. The van der Waals surface area contributed by atoms with Crippen LogP contribution < -0.4 is 14.4 Å². The van der Waals surface area contributed by atoms with Crippen LogP contribution in [0, 0.1) is 0 Å². The zero-order valence-corrected chi connectivity index (χ0v) is 25.1. The summed E-state index contributed by atoms with van der Waals surface area (Å²) in [7, 11) is -1.97. The third kappa shape index (κ3) is 9.63. The highest BCUT2D eigenvalue weighted by Gasteiger charge is 2.31. The van der Waals surface area contributed by atoms with E-state index >= 15 is 0 Å². The van der Waals surface area contributed by atoms with Gasteiger partial charge in [0.1, 0.15) is 11.8 Å². The number of hydrogen-bond donors (Lipinski definition) is 1. The molecule has 41 heavy (non-hydrogen) atoms. The van der Waals surface area contributed by atoms with Gasteiger partial charge < -0.3 is 15.0 Å². The molecule has 0 aliphatic heterocycles. The van der Waals surface area contributed by atoms with Crippen molar-refractivity contribution in [2.24, 2.45) is 0 Å². The third-order valence-corrected chi connectivity index (χ3v) is 8.15. The largest absolute Gasteiger partial charge is 0.497 e. The van der Waals surface area contributed by atoms with Gasteiger partial charge in [0.05, 0.1) is 19.1 Å². The number of ether oxygens (including phenoxy) is 1. The molecule has 0 aliphatic carbocycles. The maximum absolute atomic E-state index is 13.9. The molecule has 1 N–H and O–H groups in total. The van der Waals surface area contributed by atoms with Crippen LogP contribution in [0.3, 0.4) is 0 Å². The van der Waals surface area contributed by atoms with Crippen LogP contribution in [0.1, 0.15) is 44.2 Å². The van der Waals surface area contributed by atoms with E-state index in [0.29, 0.717) is 24.3 Å². The van der Waals surface area contributed by atoms with Crippen LogP contribution in [0.4, 0.5) is 5.69 Å². The molecule has 3 aromatic rings. The van der Waals surface area contributed by atoms with Crippen molar-refractivity contribution < 1.29 is 22.7 Å². The van der Waals surface area contributed by atoms with Gasteiger partial charge in [0.2, 0.25) is 21.8 Å². The Balaban J connectivity index is 1.90. The summed E-state index contributed by atoms with van der Waals surface area (Å²) < 4.78 is 31.8. The van der Waals surface area contributed by atoms with E-state index in [4.69, 9.17) is 4.74 Å². The Morgan fingerprint density at radius 2 is 1.56 bits per heavy atom. The third-order valence-electron chi connectivity index (χ3n) is 6.96. The van der Waals surface area contributed by atoms with Crippen molar-refractivity contribution in [2.75, 3.05) is 24.2 Å². The number of carbonyl (C=O) groups excluding carboxylic acids is 2. The normalized spacial score (nSPS) is 12.7. The van der Waals surface area contributed by atoms with Gasteiger partial charge in [-0.15, -0.1) is 0 Å². The van der Waals surface area contributed by atoms with Crippen LogP contribution in [0.15, 0.2) is 84.9 Å². The fourth-order valence-electron chi connectivity index (χ4n) is 4.56. The summed E-state index contributed by atoms with van der Waals surface area (Å²) in [6, 6.07) is 25.1. The molecule has 3 rings (SSSR count). The molecule has 3 aromatic carbocycles. The fraction of sp³-hybridized carbons (Fsp3) is 0.375. The van der Waals surface area contributed by atoms with Crippen molar-refractivity contribution in [3.05, 3.63) is 96.1 Å². The number of nitrogens with one attached hydrogen (secondary N) is 1. The smallest absolute Gasteiger partial charge is 0.243 e. The molecular weight excluding hydrogens is 538 g/mol. The second-order valence-corrected chi connectivity index (χ2v) is 12.1. The van der Waals surface area contributed by atoms with E-state index in [0.717, 1.165) is 23.8 Å². The van der Waals surface area contributed by atoms with E-state index in [-0.39, 0.29) is 37.4 Å². The van der Waals surface area contributed by atoms with Crippen LogP contribution in [0.25, 0.3) is 0 Å². The van der Waals surface area contributed by atoms with E-state index in [1.54, 1.807) is 36.3 Å². The standard InChI is InChI=1S/C32H41N3O5S/c1-5-25(2)33-32(37)30(23-26-14-8-6-9-15-26)34(24-27-16-12-19-29(22-27)40-3)31(36)20-13-21-35(41(4,38)39)28-17-10-7-11-18-28/h6-12,14-19,22,25,30H,5,13,20-21,23-24H2,1-4H3,(H,33,37)/t25-,30+/m0/s1. The van der Waals surface area contributed by atoms with Gasteiger partial charge in [-0.2, -0.15) is 0 Å². The SMILES string of the molecule is CC[C@H](C)NC(=O)[C@@H](Cc1ccccc1)N(Cc1cccc(OC)c1)C(=O)CCCN(c1ccccc1)S(C)(=O)=O. The molecular formula is C32H41N3O5S. The number of anilines is 1. The van der Waals surface area contributed by atoms with Gasteiger partial charge in [0.25, 0.3) is 0 Å². The summed E-state index contributed by atoms with van der Waals surface area (Å²) in [4.78, 5) is 29.2. The molecule has 0 spiro atoms. The number of rotatable bonds is 15. The lowest BCUT2D eigenvalue weighted by Crippen LogP contribution is -2.52. The Hall–Kier alpha value is -3.85. The predicted molar refractivity (Wildman–Crippen MR) is 163 cm³/mol. The highest BCUT2D eigenvalue weighted by atomic mass is 32.2. The van der Waals surface area contributed by atoms with Gasteiger partial charge in [-0.3, -0.25) is 13.9 Å². The van der Waals surface area contributed by atoms with Crippen LogP contribution >= 0.6 is 0 Å². The number of carbonyl (C=O) groups is 2. The van der Waals surface area contributed by atoms with Crippen molar-refractivity contribution in [2.45, 2.75) is 58.2 Å². The lowest BCUT2D eigenvalue weighted by Gasteiger charge is -2.33. The molecule has 0 saturated heterocycles. The Bertz CT molecular complexity index is 1370. The molecule has 0 aliphatic rings. The molecule has 2 atom stereocenters. The molecule has 0 bridgehead atoms. The van der Waals surface area contributed by atoms with Crippen molar-refractivity contribution in [3.8, 4) is 5.75 Å². The summed E-state index contributed by atoms with van der Waals surface area (Å²) in [5.74, 6) is 0.210. The lowest BCUT2D eigenvalue weighted by molar-refractivity contribution is -0.141. The van der Waals surface area contributed by atoms with E-state index in [1.807, 2.05) is 74.5 Å². The number of hydrogen-bond acceptors (Lipinski definition) is 5. The monoisotopic (exact) mass is 579 g/mol. The molecule has 0 unspecified atom stereocenters. The highest BCUT2D eigenvalue weighted by molar-refractivity contribution is 7.92. The van der Waals surface area contributed by atoms with E-state index in [1.165, 1.54) is 4.31 Å². The molecule has 0 saturated carbocycles. The maximum Gasteiger partial charge on any atom is 0.243 e. The summed E-state index contributed by atoms with van der Waals surface area (Å²) in [5, 5.41) is 3.06. The molecule has 2 amide bonds. The number of benzene rings is 3. The molecule has 8 nitrogen and oxygen atoms in total. The number of nitrogens with zero attached hydrogens (tertiary/aromatic N) is 2. The van der Waals surface area contributed by atoms with Crippen LogP contribution in [-0.2, 0) is 32.6 Å². The maximum atomic E-state index is 13.9. The average Bonchev–Trinajstić information content (AvgIpc) is 2.97. The minimum atomic E-state index is -3.55. The zero-order valence-electron chi connectivity index (χ0n) is 24.3. The van der Waals surface area contributed by atoms with E-state index < -0.39 is 16.1 Å². The topological polar surface area (TPSA) is 96.0 Å². The average molecular weight is 580 g/mol. The van der Waals surface area contributed by atoms with Crippen LogP contribution in [0.5, 0.6) is 5.75 Å². The van der Waals surface area contributed by atoms with Gasteiger partial charge in [0.15, 0.2) is 0 Å². The number of methoxy groups -OCH3 is 1. The van der Waals surface area contributed by atoms with Crippen molar-refractivity contribution in [1.29, 1.82) is 0 Å². The second kappa shape index (κ2) is 15.2. The summed E-state index contributed by atoms with van der Waals surface area (Å²) >= 11 is 0. The van der Waals surface area contributed by atoms with Crippen molar-refractivity contribution in [1.82, 2.24) is 10.2 Å². The quantitative estimate of drug-likeness (QED) is 0.279. The minimum absolute atomic E-state index is 0.0521. The molecule has 0 heterocycles. The molecule has 9 heteroatoms. The summed E-state index contributed by atoms with van der Waals surface area (Å²) in [6.07, 6.45) is 2.63. The van der Waals surface area contributed by atoms with Crippen LogP contribution in [0.2, 0.25) is 0 Å². The minimum Gasteiger partial charge on any atom is -0.497 e. The van der Waals surface area contributed by atoms with Gasteiger partial charge in [-0.25, -0.2) is 8.42 Å². The second-order valence-electron chi connectivity index (χ2n) is 10.2. The molecule has 0 radical (unpaired) electrons. The fourth-order valence-corrected chi connectivity index (χ4v) is 5.53. The Kier molecular flexibility index (Phi) is 11.8. The van der Waals surface area contributed by atoms with Crippen molar-refractivity contribution >= 4 is 27.5 Å². The van der Waals surface area contributed by atoms with Gasteiger partial charge in [-0.05, 0) is 55.2 Å². The zero-order chi connectivity index (χ0) is 29.8. The number of sulfonamides is 1. The first-order chi connectivity index (χ1) is 19.6. The van der Waals surface area contributed by atoms with Crippen molar-refractivity contribution in [3.63, 3.8) is 0 Å². The van der Waals surface area contributed by atoms with Gasteiger partial charge >= 0.3 is 0 Å². The van der Waals surface area contributed by atoms with E-state index in [9.17, 15) is 18.0 Å². The van der Waals surface area contributed by atoms with E-state index in [2.05, 4.69) is 5.32 Å².